The highest BCUT2D eigenvalue weighted by Crippen LogP contribution is 2.43. The highest BCUT2D eigenvalue weighted by molar-refractivity contribution is 6.51. The molecule has 3 aromatic rings. The minimum atomic E-state index is -0.897. The van der Waals surface area contributed by atoms with Crippen molar-refractivity contribution in [3.63, 3.8) is 0 Å². The van der Waals surface area contributed by atoms with Gasteiger partial charge in [0.25, 0.3) is 11.7 Å². The van der Waals surface area contributed by atoms with Gasteiger partial charge in [-0.05, 0) is 73.9 Å². The van der Waals surface area contributed by atoms with Gasteiger partial charge in [0.15, 0.2) is 0 Å². The van der Waals surface area contributed by atoms with E-state index in [2.05, 4.69) is 0 Å². The van der Waals surface area contributed by atoms with Crippen molar-refractivity contribution in [2.24, 2.45) is 0 Å². The van der Waals surface area contributed by atoms with E-state index in [1.165, 1.54) is 17.0 Å². The van der Waals surface area contributed by atoms with Gasteiger partial charge in [-0.1, -0.05) is 36.8 Å². The molecule has 0 saturated carbocycles. The summed E-state index contributed by atoms with van der Waals surface area (Å²) < 4.78 is 5.72. The van der Waals surface area contributed by atoms with Crippen LogP contribution in [-0.4, -0.2) is 28.5 Å². The average molecular weight is 458 g/mol. The molecular formula is C28H27NO5. The highest BCUT2D eigenvalue weighted by Gasteiger charge is 2.47. The predicted molar refractivity (Wildman–Crippen MR) is 131 cm³/mol. The standard InChI is InChI=1S/C28H27NO5/c1-4-14-34-23-13-10-20(15-18(23)3)26(31)24-25(19-6-5-7-22(30)16-19)29(28(33)27(24)32)21-11-8-17(2)9-12-21/h5-13,15-16,25,30-31H,4,14H2,1-3H3/b26-24-. The highest BCUT2D eigenvalue weighted by atomic mass is 16.5. The smallest absolute Gasteiger partial charge is 0.300 e. The number of hydrogen-bond acceptors (Lipinski definition) is 5. The molecule has 0 aromatic heterocycles. The molecule has 0 bridgehead atoms. The van der Waals surface area contributed by atoms with Crippen LogP contribution < -0.4 is 9.64 Å². The van der Waals surface area contributed by atoms with E-state index >= 15 is 0 Å². The van der Waals surface area contributed by atoms with Crippen LogP contribution in [0, 0.1) is 13.8 Å². The number of hydrogen-bond donors (Lipinski definition) is 2. The van der Waals surface area contributed by atoms with Crippen molar-refractivity contribution in [2.75, 3.05) is 11.5 Å². The lowest BCUT2D eigenvalue weighted by molar-refractivity contribution is -0.132. The number of phenolic OH excluding ortho intramolecular Hbond substituents is 1. The number of anilines is 1. The van der Waals surface area contributed by atoms with Crippen molar-refractivity contribution in [3.8, 4) is 11.5 Å². The number of aliphatic hydroxyl groups excluding tert-OH is 1. The van der Waals surface area contributed by atoms with E-state index in [0.29, 0.717) is 29.2 Å². The molecule has 174 valence electrons. The number of carbonyl (C=O) groups is 2. The summed E-state index contributed by atoms with van der Waals surface area (Å²) in [5.41, 5.74) is 3.24. The molecule has 4 rings (SSSR count). The van der Waals surface area contributed by atoms with Gasteiger partial charge in [-0.2, -0.15) is 0 Å². The Hall–Kier alpha value is -4.06. The molecular weight excluding hydrogens is 430 g/mol. The maximum atomic E-state index is 13.2. The molecule has 1 saturated heterocycles. The van der Waals surface area contributed by atoms with Gasteiger partial charge in [-0.25, -0.2) is 0 Å². The van der Waals surface area contributed by atoms with Crippen LogP contribution in [0.4, 0.5) is 5.69 Å². The number of nitrogens with zero attached hydrogens (tertiary/aromatic N) is 1. The molecule has 6 nitrogen and oxygen atoms in total. The number of carbonyl (C=O) groups excluding carboxylic acids is 2. The Kier molecular flexibility index (Phi) is 6.41. The van der Waals surface area contributed by atoms with Crippen LogP contribution in [0.2, 0.25) is 0 Å². The Labute approximate surface area is 198 Å². The summed E-state index contributed by atoms with van der Waals surface area (Å²) in [6.45, 7) is 6.38. The zero-order valence-corrected chi connectivity index (χ0v) is 19.4. The lowest BCUT2D eigenvalue weighted by atomic mass is 9.94. The van der Waals surface area contributed by atoms with Gasteiger partial charge in [-0.3, -0.25) is 14.5 Å². The Bertz CT molecular complexity index is 1280. The number of ketones is 1. The molecule has 1 unspecified atom stereocenters. The van der Waals surface area contributed by atoms with E-state index in [-0.39, 0.29) is 17.1 Å². The first kappa shape index (κ1) is 23.1. The van der Waals surface area contributed by atoms with Crippen molar-refractivity contribution in [1.82, 2.24) is 0 Å². The van der Waals surface area contributed by atoms with Crippen molar-refractivity contribution in [2.45, 2.75) is 33.2 Å². The molecule has 2 N–H and O–H groups in total. The van der Waals surface area contributed by atoms with E-state index in [1.807, 2.05) is 32.9 Å². The normalized spacial score (nSPS) is 17.3. The molecule has 1 aliphatic heterocycles. The third kappa shape index (κ3) is 4.27. The average Bonchev–Trinajstić information content (AvgIpc) is 3.09. The second-order valence-electron chi connectivity index (χ2n) is 8.43. The summed E-state index contributed by atoms with van der Waals surface area (Å²) in [5, 5.41) is 21.4. The second kappa shape index (κ2) is 9.43. The molecule has 1 amide bonds. The maximum absolute atomic E-state index is 13.2. The van der Waals surface area contributed by atoms with Gasteiger partial charge in [0.1, 0.15) is 17.3 Å². The number of Topliss-reactive ketones (excluding diaryl/α,β-unsaturated/α-hetero) is 1. The molecule has 6 heteroatoms. The predicted octanol–water partition coefficient (Wildman–Crippen LogP) is 5.42. The fourth-order valence-corrected chi connectivity index (χ4v) is 4.14. The van der Waals surface area contributed by atoms with Gasteiger partial charge >= 0.3 is 0 Å². The summed E-state index contributed by atoms with van der Waals surface area (Å²) in [6, 6.07) is 17.9. The summed E-state index contributed by atoms with van der Waals surface area (Å²) in [6.07, 6.45) is 0.869. The van der Waals surface area contributed by atoms with Gasteiger partial charge in [-0.15, -0.1) is 0 Å². The van der Waals surface area contributed by atoms with E-state index in [1.54, 1.807) is 42.5 Å². The molecule has 1 fully saturated rings. The number of benzene rings is 3. The Balaban J connectivity index is 1.88. The Morgan fingerprint density at radius 3 is 2.38 bits per heavy atom. The SMILES string of the molecule is CCCOc1ccc(/C(O)=C2/C(=O)C(=O)N(c3ccc(C)cc3)C2c2cccc(O)c2)cc1C. The lowest BCUT2D eigenvalue weighted by Crippen LogP contribution is -2.29. The minimum absolute atomic E-state index is 0.000245. The van der Waals surface area contributed by atoms with Crippen molar-refractivity contribution in [1.29, 1.82) is 0 Å². The topological polar surface area (TPSA) is 87.1 Å². The fourth-order valence-electron chi connectivity index (χ4n) is 4.14. The molecule has 0 aliphatic carbocycles. The number of ether oxygens (including phenoxy) is 1. The quantitative estimate of drug-likeness (QED) is 0.293. The fraction of sp³-hybridized carbons (Fsp3) is 0.214. The summed E-state index contributed by atoms with van der Waals surface area (Å²) in [7, 11) is 0. The number of aromatic hydroxyl groups is 1. The van der Waals surface area contributed by atoms with Gasteiger partial charge in [0.05, 0.1) is 18.2 Å². The van der Waals surface area contributed by atoms with E-state index < -0.39 is 17.7 Å². The number of amides is 1. The zero-order chi connectivity index (χ0) is 24.4. The molecule has 1 aliphatic rings. The van der Waals surface area contributed by atoms with Crippen LogP contribution in [-0.2, 0) is 9.59 Å². The van der Waals surface area contributed by atoms with Crippen LogP contribution in [0.25, 0.3) is 5.76 Å². The van der Waals surface area contributed by atoms with Crippen LogP contribution in [0.15, 0.2) is 72.3 Å². The first-order valence-corrected chi connectivity index (χ1v) is 11.2. The first-order chi connectivity index (χ1) is 16.3. The third-order valence-electron chi connectivity index (χ3n) is 5.85. The van der Waals surface area contributed by atoms with Crippen molar-refractivity contribution >= 4 is 23.1 Å². The van der Waals surface area contributed by atoms with Crippen LogP contribution >= 0.6 is 0 Å². The van der Waals surface area contributed by atoms with Gasteiger partial charge < -0.3 is 14.9 Å². The zero-order valence-electron chi connectivity index (χ0n) is 19.4. The Morgan fingerprint density at radius 1 is 1.00 bits per heavy atom. The molecule has 1 heterocycles. The number of rotatable bonds is 6. The minimum Gasteiger partial charge on any atom is -0.508 e. The van der Waals surface area contributed by atoms with Gasteiger partial charge in [0, 0.05) is 11.3 Å². The van der Waals surface area contributed by atoms with E-state index in [4.69, 9.17) is 4.74 Å². The third-order valence-corrected chi connectivity index (χ3v) is 5.85. The van der Waals surface area contributed by atoms with E-state index in [0.717, 1.165) is 17.5 Å². The summed E-state index contributed by atoms with van der Waals surface area (Å²) in [5.74, 6) is -1.09. The van der Waals surface area contributed by atoms with Crippen molar-refractivity contribution < 1.29 is 24.5 Å². The van der Waals surface area contributed by atoms with Crippen LogP contribution in [0.5, 0.6) is 11.5 Å². The lowest BCUT2D eigenvalue weighted by Gasteiger charge is -2.25. The summed E-state index contributed by atoms with van der Waals surface area (Å²) >= 11 is 0. The van der Waals surface area contributed by atoms with Crippen molar-refractivity contribution in [3.05, 3.63) is 94.6 Å². The molecule has 3 aromatic carbocycles. The first-order valence-electron chi connectivity index (χ1n) is 11.2. The molecule has 0 spiro atoms. The van der Waals surface area contributed by atoms with Crippen LogP contribution in [0.1, 0.15) is 41.6 Å². The molecule has 34 heavy (non-hydrogen) atoms. The van der Waals surface area contributed by atoms with Crippen LogP contribution in [0.3, 0.4) is 0 Å². The largest absolute Gasteiger partial charge is 0.508 e. The van der Waals surface area contributed by atoms with Gasteiger partial charge in [0.2, 0.25) is 0 Å². The maximum Gasteiger partial charge on any atom is 0.300 e. The number of aliphatic hydroxyl groups is 1. The summed E-state index contributed by atoms with van der Waals surface area (Å²) in [4.78, 5) is 27.8. The molecule has 1 atom stereocenters. The second-order valence-corrected chi connectivity index (χ2v) is 8.43. The number of aryl methyl sites for hydroxylation is 2. The molecule has 0 radical (unpaired) electrons. The Morgan fingerprint density at radius 2 is 1.74 bits per heavy atom. The monoisotopic (exact) mass is 457 g/mol. The van der Waals surface area contributed by atoms with E-state index in [9.17, 15) is 19.8 Å². The number of phenols is 1.